The third-order valence-electron chi connectivity index (χ3n) is 6.60. The zero-order valence-electron chi connectivity index (χ0n) is 19.3. The SMILES string of the molecule is CCc1c([N+](=O)[O-])c(OCCCO[Si](C)(C)C(C)(C)C)nn1C1CCC(C)CC1. The van der Waals surface area contributed by atoms with Crippen LogP contribution in [0.25, 0.3) is 0 Å². The Balaban J connectivity index is 2.03. The molecule has 1 aliphatic rings. The third-order valence-corrected chi connectivity index (χ3v) is 11.1. The largest absolute Gasteiger partial charge is 0.472 e. The van der Waals surface area contributed by atoms with Crippen molar-refractivity contribution in [1.82, 2.24) is 9.78 Å². The first-order chi connectivity index (χ1) is 13.5. The van der Waals surface area contributed by atoms with E-state index in [0.29, 0.717) is 31.7 Å². The van der Waals surface area contributed by atoms with Crippen molar-refractivity contribution in [3.05, 3.63) is 15.8 Å². The lowest BCUT2D eigenvalue weighted by Crippen LogP contribution is -2.41. The summed E-state index contributed by atoms with van der Waals surface area (Å²) in [5.41, 5.74) is 0.721. The Bertz CT molecular complexity index is 689. The second kappa shape index (κ2) is 9.60. The lowest BCUT2D eigenvalue weighted by Gasteiger charge is -2.36. The molecule has 29 heavy (non-hydrogen) atoms. The molecule has 0 radical (unpaired) electrons. The Hall–Kier alpha value is -1.41. The fraction of sp³-hybridized carbons (Fsp3) is 0.857. The predicted octanol–water partition coefficient (Wildman–Crippen LogP) is 5.90. The fourth-order valence-electron chi connectivity index (χ4n) is 3.61. The normalized spacial score (nSPS) is 20.7. The summed E-state index contributed by atoms with van der Waals surface area (Å²) in [6.45, 7) is 16.3. The minimum absolute atomic E-state index is 0.0384. The van der Waals surface area contributed by atoms with Crippen molar-refractivity contribution in [2.24, 2.45) is 5.92 Å². The van der Waals surface area contributed by atoms with Crippen LogP contribution in [0.4, 0.5) is 5.69 Å². The van der Waals surface area contributed by atoms with Crippen LogP contribution in [0.5, 0.6) is 5.88 Å². The molecule has 1 saturated carbocycles. The highest BCUT2D eigenvalue weighted by Gasteiger charge is 2.37. The Morgan fingerprint density at radius 1 is 1.21 bits per heavy atom. The molecule has 0 saturated heterocycles. The van der Waals surface area contributed by atoms with Crippen molar-refractivity contribution in [2.45, 2.75) is 97.3 Å². The molecule has 1 heterocycles. The van der Waals surface area contributed by atoms with Crippen molar-refractivity contribution >= 4 is 14.0 Å². The van der Waals surface area contributed by atoms with E-state index in [1.807, 2.05) is 11.6 Å². The summed E-state index contributed by atoms with van der Waals surface area (Å²) in [4.78, 5) is 11.4. The second-order valence-electron chi connectivity index (χ2n) is 9.88. The van der Waals surface area contributed by atoms with Crippen LogP contribution in [0.2, 0.25) is 18.1 Å². The molecule has 0 bridgehead atoms. The Labute approximate surface area is 176 Å². The van der Waals surface area contributed by atoms with Gasteiger partial charge < -0.3 is 9.16 Å². The zero-order chi connectivity index (χ0) is 21.8. The van der Waals surface area contributed by atoms with Gasteiger partial charge in [-0.05, 0) is 56.2 Å². The number of hydrogen-bond acceptors (Lipinski definition) is 5. The van der Waals surface area contributed by atoms with Gasteiger partial charge in [-0.3, -0.25) is 14.8 Å². The molecule has 0 N–H and O–H groups in total. The number of nitrogens with zero attached hydrogens (tertiary/aromatic N) is 3. The van der Waals surface area contributed by atoms with Crippen LogP contribution in [-0.4, -0.2) is 36.2 Å². The first-order valence-corrected chi connectivity index (χ1v) is 13.9. The van der Waals surface area contributed by atoms with E-state index in [-0.39, 0.29) is 27.6 Å². The lowest BCUT2D eigenvalue weighted by atomic mass is 9.87. The molecular weight excluding hydrogens is 386 g/mol. The highest BCUT2D eigenvalue weighted by molar-refractivity contribution is 6.74. The second-order valence-corrected chi connectivity index (χ2v) is 14.7. The van der Waals surface area contributed by atoms with Gasteiger partial charge in [0.1, 0.15) is 5.69 Å². The highest BCUT2D eigenvalue weighted by Crippen LogP contribution is 2.39. The summed E-state index contributed by atoms with van der Waals surface area (Å²) in [5, 5.41) is 16.5. The first-order valence-electron chi connectivity index (χ1n) is 11.0. The van der Waals surface area contributed by atoms with Gasteiger partial charge in [0.2, 0.25) is 0 Å². The van der Waals surface area contributed by atoms with Crippen molar-refractivity contribution in [2.75, 3.05) is 13.2 Å². The number of nitro groups is 1. The highest BCUT2D eigenvalue weighted by atomic mass is 28.4. The van der Waals surface area contributed by atoms with E-state index in [1.165, 1.54) is 0 Å². The molecule has 8 heteroatoms. The van der Waals surface area contributed by atoms with Crippen molar-refractivity contribution in [3.8, 4) is 5.88 Å². The summed E-state index contributed by atoms with van der Waals surface area (Å²) in [5.74, 6) is 0.885. The summed E-state index contributed by atoms with van der Waals surface area (Å²) < 4.78 is 13.8. The van der Waals surface area contributed by atoms with Gasteiger partial charge in [-0.25, -0.2) is 0 Å². The van der Waals surface area contributed by atoms with Gasteiger partial charge in [-0.1, -0.05) is 34.6 Å². The quantitative estimate of drug-likeness (QED) is 0.213. The maximum Gasteiger partial charge on any atom is 0.353 e. The van der Waals surface area contributed by atoms with E-state index in [0.717, 1.165) is 31.6 Å². The van der Waals surface area contributed by atoms with Crippen LogP contribution >= 0.6 is 0 Å². The molecule has 2 rings (SSSR count). The Morgan fingerprint density at radius 3 is 2.34 bits per heavy atom. The molecule has 0 unspecified atom stereocenters. The molecule has 0 atom stereocenters. The number of ether oxygens (including phenoxy) is 1. The number of hydrogen-bond donors (Lipinski definition) is 0. The zero-order valence-corrected chi connectivity index (χ0v) is 20.3. The fourth-order valence-corrected chi connectivity index (χ4v) is 4.70. The van der Waals surface area contributed by atoms with Crippen LogP contribution in [0.3, 0.4) is 0 Å². The molecule has 0 spiro atoms. The van der Waals surface area contributed by atoms with Crippen molar-refractivity contribution < 1.29 is 14.1 Å². The Morgan fingerprint density at radius 2 is 1.83 bits per heavy atom. The van der Waals surface area contributed by atoms with Crippen LogP contribution in [0.1, 0.15) is 78.5 Å². The lowest BCUT2D eigenvalue weighted by molar-refractivity contribution is -0.386. The number of aromatic nitrogens is 2. The minimum Gasteiger partial charge on any atom is -0.472 e. The topological polar surface area (TPSA) is 79.4 Å². The van der Waals surface area contributed by atoms with E-state index >= 15 is 0 Å². The average molecular weight is 426 g/mol. The molecule has 0 aromatic carbocycles. The summed E-state index contributed by atoms with van der Waals surface area (Å²) in [6.07, 6.45) is 5.59. The van der Waals surface area contributed by atoms with E-state index in [9.17, 15) is 10.1 Å². The molecule has 1 aromatic rings. The van der Waals surface area contributed by atoms with E-state index in [2.05, 4.69) is 45.9 Å². The molecule has 1 fully saturated rings. The maximum atomic E-state index is 11.7. The molecule has 1 aliphatic carbocycles. The predicted molar refractivity (Wildman–Crippen MR) is 118 cm³/mol. The van der Waals surface area contributed by atoms with E-state index < -0.39 is 8.32 Å². The van der Waals surface area contributed by atoms with Crippen molar-refractivity contribution in [3.63, 3.8) is 0 Å². The molecule has 0 amide bonds. The van der Waals surface area contributed by atoms with Gasteiger partial charge in [-0.15, -0.1) is 5.10 Å². The van der Waals surface area contributed by atoms with Gasteiger partial charge in [0.15, 0.2) is 8.32 Å². The van der Waals surface area contributed by atoms with Crippen molar-refractivity contribution in [1.29, 1.82) is 0 Å². The summed E-state index contributed by atoms with van der Waals surface area (Å²) >= 11 is 0. The molecule has 166 valence electrons. The minimum atomic E-state index is -1.79. The standard InChI is InChI=1S/C21H39N3O4Si/c1-8-18-19(24(25)26)20(22-23(18)17-12-10-16(2)11-13-17)27-14-9-15-28-29(6,7)21(3,4)5/h16-17H,8-15H2,1-7H3. The molecule has 1 aromatic heterocycles. The number of rotatable bonds is 9. The molecular formula is C21H39N3O4Si. The van der Waals surface area contributed by atoms with E-state index in [1.54, 1.807) is 0 Å². The van der Waals surface area contributed by atoms with Gasteiger partial charge in [0.05, 0.1) is 17.6 Å². The maximum absolute atomic E-state index is 11.7. The van der Waals surface area contributed by atoms with Crippen LogP contribution < -0.4 is 4.74 Å². The van der Waals surface area contributed by atoms with Gasteiger partial charge in [0.25, 0.3) is 0 Å². The Kier molecular flexibility index (Phi) is 7.90. The van der Waals surface area contributed by atoms with E-state index in [4.69, 9.17) is 9.16 Å². The van der Waals surface area contributed by atoms with Gasteiger partial charge >= 0.3 is 11.6 Å². The van der Waals surface area contributed by atoms with Crippen LogP contribution in [0.15, 0.2) is 0 Å². The average Bonchev–Trinajstić information content (AvgIpc) is 2.99. The van der Waals surface area contributed by atoms with Crippen LogP contribution in [0, 0.1) is 16.0 Å². The van der Waals surface area contributed by atoms with Gasteiger partial charge in [0, 0.05) is 13.0 Å². The molecule has 7 nitrogen and oxygen atoms in total. The smallest absolute Gasteiger partial charge is 0.353 e. The monoisotopic (exact) mass is 425 g/mol. The summed E-state index contributed by atoms with van der Waals surface area (Å²) in [6, 6.07) is 0.235. The van der Waals surface area contributed by atoms with Crippen LogP contribution in [-0.2, 0) is 10.8 Å². The molecule has 0 aliphatic heterocycles. The summed E-state index contributed by atoms with van der Waals surface area (Å²) in [7, 11) is -1.79. The third kappa shape index (κ3) is 5.81. The first kappa shape index (κ1) is 23.9. The van der Waals surface area contributed by atoms with Gasteiger partial charge in [-0.2, -0.15) is 0 Å².